The molecule has 2 aliphatic rings. The van der Waals surface area contributed by atoms with Gasteiger partial charge in [0.2, 0.25) is 0 Å². The van der Waals surface area contributed by atoms with Crippen LogP contribution in [-0.4, -0.2) is 54.3 Å². The highest BCUT2D eigenvalue weighted by Crippen LogP contribution is 2.56. The number of amides is 2. The maximum atomic E-state index is 13.2. The van der Waals surface area contributed by atoms with Gasteiger partial charge in [0.15, 0.2) is 5.13 Å². The summed E-state index contributed by atoms with van der Waals surface area (Å²) >= 11 is 8.26. The smallest absolute Gasteiger partial charge is 0.325 e. The number of aromatic hydroxyl groups is 1. The van der Waals surface area contributed by atoms with Gasteiger partial charge in [0.05, 0.1) is 34.4 Å². The number of urea groups is 1. The van der Waals surface area contributed by atoms with E-state index in [0.29, 0.717) is 22.4 Å². The number of benzene rings is 3. The molecule has 0 unspecified atom stereocenters. The van der Waals surface area contributed by atoms with Crippen molar-refractivity contribution in [2.45, 2.75) is 39.0 Å². The summed E-state index contributed by atoms with van der Waals surface area (Å²) in [6, 6.07) is 16.4. The van der Waals surface area contributed by atoms with Crippen LogP contribution in [0.4, 0.5) is 27.0 Å². The van der Waals surface area contributed by atoms with Crippen molar-refractivity contribution in [3.05, 3.63) is 65.2 Å². The van der Waals surface area contributed by atoms with E-state index in [9.17, 15) is 9.90 Å². The van der Waals surface area contributed by atoms with Crippen molar-refractivity contribution >= 4 is 61.4 Å². The van der Waals surface area contributed by atoms with Gasteiger partial charge in [-0.1, -0.05) is 55.8 Å². The summed E-state index contributed by atoms with van der Waals surface area (Å²) in [6.07, 6.45) is 1.88. The van der Waals surface area contributed by atoms with Crippen LogP contribution in [0.5, 0.6) is 11.5 Å². The number of nitrogens with zero attached hydrogens (tertiary/aromatic N) is 3. The van der Waals surface area contributed by atoms with E-state index >= 15 is 0 Å². The number of thiazole rings is 1. The molecule has 0 saturated carbocycles. The number of fused-ring (bicyclic) bond motifs is 3. The van der Waals surface area contributed by atoms with Crippen molar-refractivity contribution in [2.75, 3.05) is 48.8 Å². The predicted octanol–water partition coefficient (Wildman–Crippen LogP) is 7.84. The van der Waals surface area contributed by atoms with Crippen LogP contribution < -0.4 is 20.3 Å². The van der Waals surface area contributed by atoms with Gasteiger partial charge < -0.3 is 25.0 Å². The van der Waals surface area contributed by atoms with Gasteiger partial charge in [-0.2, -0.15) is 0 Å². The summed E-state index contributed by atoms with van der Waals surface area (Å²) in [4.78, 5) is 22.4. The minimum absolute atomic E-state index is 0.188. The highest BCUT2D eigenvalue weighted by molar-refractivity contribution is 7.22. The number of para-hydroxylation sites is 2. The number of piperidine rings is 1. The van der Waals surface area contributed by atoms with Crippen LogP contribution in [0, 0.1) is 5.41 Å². The first-order valence-corrected chi connectivity index (χ1v) is 15.4. The second-order valence-electron chi connectivity index (χ2n) is 12.4. The van der Waals surface area contributed by atoms with Gasteiger partial charge in [-0.25, -0.2) is 9.78 Å². The summed E-state index contributed by atoms with van der Waals surface area (Å²) < 4.78 is 6.23. The number of phenolic OH excluding ortho intramolecular Hbond substituents is 1. The maximum Gasteiger partial charge on any atom is 0.325 e. The van der Waals surface area contributed by atoms with Crippen molar-refractivity contribution in [3.63, 3.8) is 0 Å². The molecule has 10 heteroatoms. The van der Waals surface area contributed by atoms with Gasteiger partial charge in [-0.3, -0.25) is 5.32 Å². The molecule has 42 heavy (non-hydrogen) atoms. The van der Waals surface area contributed by atoms with Gasteiger partial charge >= 0.3 is 6.03 Å². The fourth-order valence-corrected chi connectivity index (χ4v) is 7.61. The Balaban J connectivity index is 1.27. The van der Waals surface area contributed by atoms with Crippen LogP contribution in [0.25, 0.3) is 10.2 Å². The normalized spacial score (nSPS) is 16.5. The molecule has 3 N–H and O–H groups in total. The zero-order valence-electron chi connectivity index (χ0n) is 24.3. The Morgan fingerprint density at radius 2 is 1.88 bits per heavy atom. The van der Waals surface area contributed by atoms with E-state index in [1.54, 1.807) is 19.2 Å². The van der Waals surface area contributed by atoms with Gasteiger partial charge in [0.1, 0.15) is 11.5 Å². The number of rotatable bonds is 5. The number of hydrogen-bond acceptors (Lipinski definition) is 7. The highest BCUT2D eigenvalue weighted by Gasteiger charge is 2.48. The second kappa shape index (κ2) is 10.9. The Labute approximate surface area is 255 Å². The summed E-state index contributed by atoms with van der Waals surface area (Å²) in [5.41, 5.74) is 3.97. The van der Waals surface area contributed by atoms with Crippen LogP contribution >= 0.6 is 22.9 Å². The van der Waals surface area contributed by atoms with Crippen LogP contribution in [0.3, 0.4) is 0 Å². The molecular weight excluding hydrogens is 570 g/mol. The quantitative estimate of drug-likeness (QED) is 0.215. The molecule has 8 nitrogen and oxygen atoms in total. The van der Waals surface area contributed by atoms with Crippen molar-refractivity contribution < 1.29 is 14.6 Å². The summed E-state index contributed by atoms with van der Waals surface area (Å²) in [5, 5.41) is 18.2. The number of hydrogen-bond donors (Lipinski definition) is 3. The first-order chi connectivity index (χ1) is 20.0. The molecule has 3 aromatic carbocycles. The molecule has 1 spiro atoms. The first kappa shape index (κ1) is 28.6. The van der Waals surface area contributed by atoms with Gasteiger partial charge in [-0.15, -0.1) is 0 Å². The molecule has 0 bridgehead atoms. The van der Waals surface area contributed by atoms with Crippen molar-refractivity contribution in [1.82, 2.24) is 9.88 Å². The topological polar surface area (TPSA) is 90.0 Å². The molecule has 0 aliphatic carbocycles. The molecule has 0 atom stereocenters. The molecule has 3 heterocycles. The number of nitrogens with one attached hydrogen (secondary N) is 2. The van der Waals surface area contributed by atoms with Gasteiger partial charge in [0.25, 0.3) is 0 Å². The number of likely N-dealkylation sites (tertiary alicyclic amines) is 1. The maximum absolute atomic E-state index is 13.2. The summed E-state index contributed by atoms with van der Waals surface area (Å²) in [5.74, 6) is 0.926. The van der Waals surface area contributed by atoms with Crippen molar-refractivity contribution in [1.29, 1.82) is 0 Å². The summed E-state index contributed by atoms with van der Waals surface area (Å²) in [7, 11) is 1.62. The second-order valence-corrected chi connectivity index (χ2v) is 13.9. The van der Waals surface area contributed by atoms with Crippen LogP contribution in [0.2, 0.25) is 5.02 Å². The van der Waals surface area contributed by atoms with E-state index < -0.39 is 6.03 Å². The first-order valence-electron chi connectivity index (χ1n) is 14.2. The monoisotopic (exact) mass is 605 g/mol. The number of methoxy groups -OCH3 is 1. The fourth-order valence-electron chi connectivity index (χ4n) is 6.37. The number of ether oxygens (including phenoxy) is 1. The fraction of sp³-hybridized carbons (Fsp3) is 0.375. The third-order valence-electron chi connectivity index (χ3n) is 8.14. The summed E-state index contributed by atoms with van der Waals surface area (Å²) in [6.45, 7) is 10.5. The largest absolute Gasteiger partial charge is 0.506 e. The average molecular weight is 606 g/mol. The number of halogens is 1. The molecule has 0 radical (unpaired) electrons. The number of carbonyl (C=O) groups is 1. The van der Waals surface area contributed by atoms with E-state index in [0.717, 1.165) is 65.4 Å². The van der Waals surface area contributed by atoms with E-state index in [1.807, 2.05) is 42.5 Å². The molecular formula is C32H36ClN5O3S. The van der Waals surface area contributed by atoms with Crippen LogP contribution in [-0.2, 0) is 5.41 Å². The van der Waals surface area contributed by atoms with E-state index in [4.69, 9.17) is 16.3 Å². The molecule has 2 amide bonds. The van der Waals surface area contributed by atoms with Crippen molar-refractivity contribution in [2.24, 2.45) is 5.41 Å². The molecule has 220 valence electrons. The lowest BCUT2D eigenvalue weighted by molar-refractivity contribution is 0.125. The number of aromatic nitrogens is 1. The Morgan fingerprint density at radius 1 is 1.12 bits per heavy atom. The van der Waals surface area contributed by atoms with Crippen molar-refractivity contribution in [3.8, 4) is 11.5 Å². The predicted molar refractivity (Wildman–Crippen MR) is 172 cm³/mol. The minimum atomic E-state index is -0.395. The lowest BCUT2D eigenvalue weighted by Crippen LogP contribution is -2.47. The van der Waals surface area contributed by atoms with Gasteiger partial charge in [0, 0.05) is 29.1 Å². The SMILES string of the molecule is COc1ccc2nc(NC(=O)Nc3ccccc3N3CC4(CCN(CC(C)(C)C)CC4)c4c(Cl)ccc(O)c43)sc2c1. The Hall–Kier alpha value is -3.53. The third kappa shape index (κ3) is 5.48. The minimum Gasteiger partial charge on any atom is -0.506 e. The Kier molecular flexibility index (Phi) is 7.45. The average Bonchev–Trinajstić information content (AvgIpc) is 3.50. The van der Waals surface area contributed by atoms with E-state index in [1.165, 1.54) is 11.3 Å². The van der Waals surface area contributed by atoms with Gasteiger partial charge in [-0.05, 0) is 73.8 Å². The molecule has 1 saturated heterocycles. The Bertz CT molecular complexity index is 1640. The third-order valence-corrected chi connectivity index (χ3v) is 9.39. The number of carbonyl (C=O) groups excluding carboxylic acids is 1. The number of phenols is 1. The number of anilines is 4. The van der Waals surface area contributed by atoms with E-state index in [2.05, 4.69) is 46.2 Å². The lowest BCUT2D eigenvalue weighted by atomic mass is 9.74. The molecule has 2 aliphatic heterocycles. The molecule has 4 aromatic rings. The molecule has 6 rings (SSSR count). The molecule has 1 fully saturated rings. The van der Waals surface area contributed by atoms with Crippen LogP contribution in [0.1, 0.15) is 39.2 Å². The van der Waals surface area contributed by atoms with E-state index in [-0.39, 0.29) is 16.6 Å². The standard InChI is InChI=1S/C32H36ClN5O3S/c1-31(2,3)18-37-15-13-32(14-16-37)19-38(28-25(39)12-10-21(33)27(28)32)24-8-6-5-7-22(24)34-29(40)36-30-35-23-11-9-20(41-4)17-26(23)42-30/h5-12,17,39H,13-16,18-19H2,1-4H3,(H2,34,35,36,40). The zero-order chi connectivity index (χ0) is 29.6. The molecule has 1 aromatic heterocycles. The zero-order valence-corrected chi connectivity index (χ0v) is 25.9. The lowest BCUT2D eigenvalue weighted by Gasteiger charge is -2.42. The Morgan fingerprint density at radius 3 is 2.62 bits per heavy atom. The highest BCUT2D eigenvalue weighted by atomic mass is 35.5. The van der Waals surface area contributed by atoms with Crippen LogP contribution in [0.15, 0.2) is 54.6 Å².